The summed E-state index contributed by atoms with van der Waals surface area (Å²) in [5, 5.41) is 5.38. The van der Waals surface area contributed by atoms with Crippen molar-refractivity contribution in [2.24, 2.45) is 0 Å². The van der Waals surface area contributed by atoms with Crippen LogP contribution in [0.2, 0.25) is 0 Å². The van der Waals surface area contributed by atoms with E-state index in [1.54, 1.807) is 0 Å². The summed E-state index contributed by atoms with van der Waals surface area (Å²) in [5.74, 6) is 0. The van der Waals surface area contributed by atoms with E-state index in [1.807, 2.05) is 0 Å². The minimum atomic E-state index is 0. The van der Waals surface area contributed by atoms with Gasteiger partial charge in [-0.3, -0.25) is 0 Å². The van der Waals surface area contributed by atoms with E-state index in [4.69, 9.17) is 0 Å². The van der Waals surface area contributed by atoms with E-state index in [9.17, 15) is 0 Å². The van der Waals surface area contributed by atoms with Crippen LogP contribution in [0.4, 0.5) is 0 Å². The van der Waals surface area contributed by atoms with Gasteiger partial charge in [-0.15, -0.1) is 69.1 Å². The number of hydrogen-bond donors (Lipinski definition) is 0. The zero-order valence-electron chi connectivity index (χ0n) is 23.8. The molecule has 6 aromatic rings. The number of aryl methyl sites for hydroxylation is 4. The summed E-state index contributed by atoms with van der Waals surface area (Å²) in [5.41, 5.74) is 10.5. The summed E-state index contributed by atoms with van der Waals surface area (Å²) >= 11 is 0. The Hall–Kier alpha value is -2.61. The van der Waals surface area contributed by atoms with Crippen molar-refractivity contribution in [1.29, 1.82) is 0 Å². The van der Waals surface area contributed by atoms with E-state index < -0.39 is 0 Å². The third-order valence-electron chi connectivity index (χ3n) is 6.52. The summed E-state index contributed by atoms with van der Waals surface area (Å²) in [4.78, 5) is 0. The molecule has 0 spiro atoms. The average molecular weight is 599 g/mol. The molecule has 0 saturated heterocycles. The number of benzene rings is 4. The van der Waals surface area contributed by atoms with Gasteiger partial charge in [-0.1, -0.05) is 96.8 Å². The Kier molecular flexibility index (Phi) is 14.7. The monoisotopic (exact) mass is 598 g/mol. The van der Waals surface area contributed by atoms with Crippen LogP contribution in [0.25, 0.3) is 43.8 Å². The maximum Gasteiger partial charge on any atom is 2.00 e. The molecular formula is C37H36Cl2Ti-4. The van der Waals surface area contributed by atoms with Gasteiger partial charge in [0.05, 0.1) is 0 Å². The van der Waals surface area contributed by atoms with E-state index in [2.05, 4.69) is 151 Å². The minimum absolute atomic E-state index is 0. The molecule has 0 aliphatic rings. The van der Waals surface area contributed by atoms with Gasteiger partial charge in [-0.25, -0.2) is 0 Å². The van der Waals surface area contributed by atoms with Crippen LogP contribution >= 0.6 is 0 Å². The number of fused-ring (bicyclic) bond motifs is 2. The molecule has 0 saturated carbocycles. The number of halogens is 2. The molecule has 0 N–H and O–H groups in total. The molecule has 0 nitrogen and oxygen atoms in total. The largest absolute Gasteiger partial charge is 2.00 e. The molecule has 206 valence electrons. The summed E-state index contributed by atoms with van der Waals surface area (Å²) in [6.07, 6.45) is 0.750. The van der Waals surface area contributed by atoms with Crippen LogP contribution in [0.15, 0.2) is 109 Å². The number of rotatable bonds is 2. The Balaban J connectivity index is 0.000000341. The SMILES string of the molecule is Cc1ccc(-c2cccc3[cH-]c(C)cc23)cc1.Cc1ccc(-c2cccc3[cH-]c(C)cc23)cc1.[CH2-]C[CH2-].[Cl-].[Cl-].[Ti+2]. The van der Waals surface area contributed by atoms with Crippen LogP contribution in [0.3, 0.4) is 0 Å². The van der Waals surface area contributed by atoms with Gasteiger partial charge in [0.15, 0.2) is 0 Å². The molecule has 0 aliphatic heterocycles. The van der Waals surface area contributed by atoms with Gasteiger partial charge in [0, 0.05) is 0 Å². The van der Waals surface area contributed by atoms with Crippen LogP contribution in [-0.4, -0.2) is 0 Å². The molecule has 40 heavy (non-hydrogen) atoms. The molecule has 0 fully saturated rings. The van der Waals surface area contributed by atoms with E-state index in [0.29, 0.717) is 0 Å². The van der Waals surface area contributed by atoms with Crippen LogP contribution < -0.4 is 24.8 Å². The summed E-state index contributed by atoms with van der Waals surface area (Å²) in [6, 6.07) is 39.5. The van der Waals surface area contributed by atoms with Crippen molar-refractivity contribution in [1.82, 2.24) is 0 Å². The van der Waals surface area contributed by atoms with Crippen molar-refractivity contribution in [3.8, 4) is 22.3 Å². The minimum Gasteiger partial charge on any atom is -1.00 e. The normalized spacial score (nSPS) is 9.75. The maximum absolute atomic E-state index is 3.38. The first-order chi connectivity index (χ1) is 17.9. The second-order valence-corrected chi connectivity index (χ2v) is 9.77. The summed E-state index contributed by atoms with van der Waals surface area (Å²) < 4.78 is 0. The molecule has 0 bridgehead atoms. The fraction of sp³-hybridized carbons (Fsp3) is 0.135. The van der Waals surface area contributed by atoms with E-state index in [0.717, 1.165) is 6.42 Å². The fourth-order valence-corrected chi connectivity index (χ4v) is 4.74. The van der Waals surface area contributed by atoms with E-state index in [-0.39, 0.29) is 46.5 Å². The average Bonchev–Trinajstić information content (AvgIpc) is 3.46. The van der Waals surface area contributed by atoms with Crippen LogP contribution in [0, 0.1) is 41.5 Å². The van der Waals surface area contributed by atoms with Gasteiger partial charge >= 0.3 is 21.7 Å². The van der Waals surface area contributed by atoms with Crippen molar-refractivity contribution < 1.29 is 46.5 Å². The number of hydrogen-bond acceptors (Lipinski definition) is 0. The van der Waals surface area contributed by atoms with Crippen molar-refractivity contribution >= 4 is 21.5 Å². The molecule has 0 atom stereocenters. The second kappa shape index (κ2) is 16.6. The predicted octanol–water partition coefficient (Wildman–Crippen LogP) is 4.74. The maximum atomic E-state index is 3.38. The molecule has 0 amide bonds. The molecule has 3 heteroatoms. The Morgan fingerprint density at radius 2 is 0.850 bits per heavy atom. The van der Waals surface area contributed by atoms with Crippen molar-refractivity contribution in [2.75, 3.05) is 0 Å². The van der Waals surface area contributed by atoms with Crippen LogP contribution in [0.1, 0.15) is 28.7 Å². The second-order valence-electron chi connectivity index (χ2n) is 9.77. The van der Waals surface area contributed by atoms with E-state index >= 15 is 0 Å². The quantitative estimate of drug-likeness (QED) is 0.200. The van der Waals surface area contributed by atoms with Crippen LogP contribution in [0.5, 0.6) is 0 Å². The molecule has 0 aliphatic carbocycles. The Bertz CT molecular complexity index is 1460. The van der Waals surface area contributed by atoms with Gasteiger partial charge in [0.25, 0.3) is 0 Å². The molecule has 6 aromatic carbocycles. The van der Waals surface area contributed by atoms with Crippen LogP contribution in [-0.2, 0) is 21.7 Å². The fourth-order valence-electron chi connectivity index (χ4n) is 4.74. The first-order valence-electron chi connectivity index (χ1n) is 12.9. The van der Waals surface area contributed by atoms with Gasteiger partial charge in [-0.05, 0) is 25.0 Å². The first-order valence-corrected chi connectivity index (χ1v) is 12.9. The van der Waals surface area contributed by atoms with Gasteiger partial charge in [0.2, 0.25) is 0 Å². The molecule has 0 heterocycles. The third-order valence-corrected chi connectivity index (χ3v) is 6.52. The van der Waals surface area contributed by atoms with Gasteiger partial charge in [0.1, 0.15) is 0 Å². The Morgan fingerprint density at radius 3 is 1.18 bits per heavy atom. The van der Waals surface area contributed by atoms with Gasteiger partial charge in [-0.2, -0.15) is 12.1 Å². The molecule has 0 unspecified atom stereocenters. The molecule has 0 aromatic heterocycles. The summed E-state index contributed by atoms with van der Waals surface area (Å²) in [6.45, 7) is 15.3. The third kappa shape index (κ3) is 8.69. The van der Waals surface area contributed by atoms with Crippen molar-refractivity contribution in [2.45, 2.75) is 34.1 Å². The predicted molar refractivity (Wildman–Crippen MR) is 164 cm³/mol. The van der Waals surface area contributed by atoms with E-state index in [1.165, 1.54) is 66.1 Å². The standard InChI is InChI=1S/2C17H15.C3H6.2ClH.Ti/c2*1-12-6-8-14(9-7-12)16-5-3-4-15-10-13(2)11-17(15)16;1-3-2;;;/h2*3-11H,1-2H3;1-3H2;2*1H;/q2*-1;-2;;;+2/p-2. The van der Waals surface area contributed by atoms with Crippen molar-refractivity contribution in [3.63, 3.8) is 0 Å². The zero-order valence-corrected chi connectivity index (χ0v) is 26.8. The van der Waals surface area contributed by atoms with Gasteiger partial charge < -0.3 is 45.1 Å². The topological polar surface area (TPSA) is 0 Å². The molecule has 6 rings (SSSR count). The van der Waals surface area contributed by atoms with Crippen molar-refractivity contribution in [3.05, 3.63) is 145 Å². The smallest absolute Gasteiger partial charge is 1.00 e. The molecule has 0 radical (unpaired) electrons. The summed E-state index contributed by atoms with van der Waals surface area (Å²) in [7, 11) is 0. The Labute approximate surface area is 268 Å². The first kappa shape index (κ1) is 35.4. The molecular weight excluding hydrogens is 563 g/mol. The zero-order chi connectivity index (χ0) is 26.4. The Morgan fingerprint density at radius 1 is 0.525 bits per heavy atom.